The van der Waals surface area contributed by atoms with Crippen LogP contribution in [-0.4, -0.2) is 37.8 Å². The van der Waals surface area contributed by atoms with Crippen LogP contribution in [-0.2, 0) is 6.54 Å². The summed E-state index contributed by atoms with van der Waals surface area (Å²) in [6.07, 6.45) is 0.753. The normalized spacial score (nSPS) is 11.2. The van der Waals surface area contributed by atoms with Crippen LogP contribution in [0.25, 0.3) is 0 Å². The highest BCUT2D eigenvalue weighted by molar-refractivity contribution is 5.91. The van der Waals surface area contributed by atoms with Crippen LogP contribution in [0, 0.1) is 0 Å². The lowest BCUT2D eigenvalue weighted by atomic mass is 10.1. The Morgan fingerprint density at radius 3 is 2.58 bits per heavy atom. The number of ether oxygens (including phenoxy) is 1. The highest BCUT2D eigenvalue weighted by Gasteiger charge is 2.15. The lowest BCUT2D eigenvalue weighted by Crippen LogP contribution is -2.43. The molecule has 0 aliphatic heterocycles. The molecule has 0 fully saturated rings. The van der Waals surface area contributed by atoms with Crippen molar-refractivity contribution >= 4 is 11.7 Å². The van der Waals surface area contributed by atoms with Crippen LogP contribution in [0.2, 0.25) is 0 Å². The van der Waals surface area contributed by atoms with Gasteiger partial charge in [-0.2, -0.15) is 0 Å². The molecule has 1 aromatic rings. The number of rotatable bonds is 9. The highest BCUT2D eigenvalue weighted by atomic mass is 16.5. The standard InChI is InChI=1S/C17H31N5O2/c1-17(2,3)22-16(23)21-14-6-5-13(12-20-9-8-19)11-15(14)24-10-4-7-18/h5-6,11,20H,4,7-10,12,18-19H2,1-3H3,(H2,21,22,23). The third-order valence-electron chi connectivity index (χ3n) is 3.04. The lowest BCUT2D eigenvalue weighted by Gasteiger charge is -2.21. The fourth-order valence-corrected chi connectivity index (χ4v) is 1.99. The molecule has 0 unspecified atom stereocenters. The number of carbonyl (C=O) groups is 1. The number of amides is 2. The van der Waals surface area contributed by atoms with E-state index in [1.165, 1.54) is 0 Å². The molecule has 0 spiro atoms. The first-order chi connectivity index (χ1) is 11.4. The Balaban J connectivity index is 2.81. The minimum Gasteiger partial charge on any atom is -0.491 e. The van der Waals surface area contributed by atoms with Gasteiger partial charge in [0.05, 0.1) is 12.3 Å². The Hall–Kier alpha value is -1.83. The molecule has 0 aromatic heterocycles. The van der Waals surface area contributed by atoms with Gasteiger partial charge in [-0.15, -0.1) is 0 Å². The van der Waals surface area contributed by atoms with Crippen molar-refractivity contribution in [1.82, 2.24) is 10.6 Å². The SMILES string of the molecule is CC(C)(C)NC(=O)Nc1ccc(CNCCN)cc1OCCCN. The Kier molecular flexibility index (Phi) is 8.53. The zero-order chi connectivity index (χ0) is 18.0. The van der Waals surface area contributed by atoms with E-state index in [0.29, 0.717) is 37.7 Å². The third-order valence-corrected chi connectivity index (χ3v) is 3.04. The van der Waals surface area contributed by atoms with Gasteiger partial charge in [-0.25, -0.2) is 4.79 Å². The molecule has 7 heteroatoms. The van der Waals surface area contributed by atoms with E-state index in [1.807, 2.05) is 39.0 Å². The first kappa shape index (κ1) is 20.2. The number of carbonyl (C=O) groups excluding carboxylic acids is 1. The molecule has 0 radical (unpaired) electrons. The zero-order valence-corrected chi connectivity index (χ0v) is 14.9. The number of hydrogen-bond donors (Lipinski definition) is 5. The summed E-state index contributed by atoms with van der Waals surface area (Å²) in [5.74, 6) is 0.638. The van der Waals surface area contributed by atoms with Gasteiger partial charge >= 0.3 is 6.03 Å². The van der Waals surface area contributed by atoms with Gasteiger partial charge in [0.25, 0.3) is 0 Å². The monoisotopic (exact) mass is 337 g/mol. The second-order valence-electron chi connectivity index (χ2n) is 6.62. The number of anilines is 1. The third kappa shape index (κ3) is 8.14. The first-order valence-corrected chi connectivity index (χ1v) is 8.31. The summed E-state index contributed by atoms with van der Waals surface area (Å²) in [7, 11) is 0. The summed E-state index contributed by atoms with van der Waals surface area (Å²) in [4.78, 5) is 12.1. The van der Waals surface area contributed by atoms with E-state index in [0.717, 1.165) is 18.5 Å². The molecule has 0 atom stereocenters. The summed E-state index contributed by atoms with van der Waals surface area (Å²) >= 11 is 0. The maximum atomic E-state index is 12.1. The van der Waals surface area contributed by atoms with E-state index in [1.54, 1.807) is 0 Å². The van der Waals surface area contributed by atoms with Crippen LogP contribution in [0.3, 0.4) is 0 Å². The van der Waals surface area contributed by atoms with E-state index < -0.39 is 0 Å². The number of hydrogen-bond acceptors (Lipinski definition) is 5. The molecule has 0 aliphatic rings. The molecule has 1 rings (SSSR count). The lowest BCUT2D eigenvalue weighted by molar-refractivity contribution is 0.243. The topological polar surface area (TPSA) is 114 Å². The van der Waals surface area contributed by atoms with Crippen molar-refractivity contribution in [2.24, 2.45) is 11.5 Å². The van der Waals surface area contributed by atoms with E-state index in [2.05, 4.69) is 16.0 Å². The average molecular weight is 337 g/mol. The Morgan fingerprint density at radius 2 is 1.96 bits per heavy atom. The molecule has 24 heavy (non-hydrogen) atoms. The second-order valence-corrected chi connectivity index (χ2v) is 6.62. The summed E-state index contributed by atoms with van der Waals surface area (Å²) < 4.78 is 5.78. The molecule has 136 valence electrons. The molecule has 0 heterocycles. The Labute approximate surface area is 144 Å². The molecule has 0 aliphatic carbocycles. The molecule has 7 nitrogen and oxygen atoms in total. The van der Waals surface area contributed by atoms with Crippen molar-refractivity contribution in [3.05, 3.63) is 23.8 Å². The molecule has 0 bridgehead atoms. The summed E-state index contributed by atoms with van der Waals surface area (Å²) in [5, 5.41) is 8.95. The largest absolute Gasteiger partial charge is 0.491 e. The maximum Gasteiger partial charge on any atom is 0.319 e. The van der Waals surface area contributed by atoms with E-state index in [4.69, 9.17) is 16.2 Å². The van der Waals surface area contributed by atoms with Gasteiger partial charge < -0.3 is 32.2 Å². The van der Waals surface area contributed by atoms with E-state index in [9.17, 15) is 4.79 Å². The number of nitrogens with two attached hydrogens (primary N) is 2. The summed E-state index contributed by atoms with van der Waals surface area (Å²) in [6.45, 7) is 8.88. The summed E-state index contributed by atoms with van der Waals surface area (Å²) in [5.41, 5.74) is 12.4. The molecule has 0 saturated carbocycles. The van der Waals surface area contributed by atoms with Crippen LogP contribution in [0.15, 0.2) is 18.2 Å². The average Bonchev–Trinajstić information content (AvgIpc) is 2.48. The van der Waals surface area contributed by atoms with Crippen molar-refractivity contribution in [2.75, 3.05) is 31.6 Å². The van der Waals surface area contributed by atoms with Crippen molar-refractivity contribution in [1.29, 1.82) is 0 Å². The van der Waals surface area contributed by atoms with Crippen molar-refractivity contribution in [3.63, 3.8) is 0 Å². The minimum absolute atomic E-state index is 0.264. The second kappa shape index (κ2) is 10.1. The molecule has 7 N–H and O–H groups in total. The van der Waals surface area contributed by atoms with Gasteiger partial charge in [-0.3, -0.25) is 0 Å². The van der Waals surface area contributed by atoms with Crippen LogP contribution in [0.4, 0.5) is 10.5 Å². The van der Waals surface area contributed by atoms with Crippen molar-refractivity contribution in [2.45, 2.75) is 39.3 Å². The Bertz CT molecular complexity index is 514. The van der Waals surface area contributed by atoms with E-state index >= 15 is 0 Å². The molecular formula is C17H31N5O2. The van der Waals surface area contributed by atoms with E-state index in [-0.39, 0.29) is 11.6 Å². The summed E-state index contributed by atoms with van der Waals surface area (Å²) in [6, 6.07) is 5.46. The van der Waals surface area contributed by atoms with Crippen LogP contribution in [0.1, 0.15) is 32.8 Å². The highest BCUT2D eigenvalue weighted by Crippen LogP contribution is 2.26. The molecule has 1 aromatic carbocycles. The van der Waals surface area contributed by atoms with Crippen LogP contribution in [0.5, 0.6) is 5.75 Å². The van der Waals surface area contributed by atoms with Gasteiger partial charge in [0.2, 0.25) is 0 Å². The van der Waals surface area contributed by atoms with Gasteiger partial charge in [-0.1, -0.05) is 6.07 Å². The number of urea groups is 1. The molecule has 2 amide bonds. The van der Waals surface area contributed by atoms with Gasteiger partial charge in [0.15, 0.2) is 0 Å². The van der Waals surface area contributed by atoms with Crippen LogP contribution < -0.4 is 32.2 Å². The fourth-order valence-electron chi connectivity index (χ4n) is 1.99. The van der Waals surface area contributed by atoms with Gasteiger partial charge in [0, 0.05) is 25.2 Å². The Morgan fingerprint density at radius 1 is 1.21 bits per heavy atom. The quantitative estimate of drug-likeness (QED) is 0.437. The number of nitrogens with one attached hydrogen (secondary N) is 3. The fraction of sp³-hybridized carbons (Fsp3) is 0.588. The predicted molar refractivity (Wildman–Crippen MR) is 98.3 cm³/mol. The maximum absolute atomic E-state index is 12.1. The zero-order valence-electron chi connectivity index (χ0n) is 14.9. The van der Waals surface area contributed by atoms with Crippen LogP contribution >= 0.6 is 0 Å². The van der Waals surface area contributed by atoms with Gasteiger partial charge in [0.1, 0.15) is 5.75 Å². The molecular weight excluding hydrogens is 306 g/mol. The first-order valence-electron chi connectivity index (χ1n) is 8.31. The minimum atomic E-state index is -0.309. The predicted octanol–water partition coefficient (Wildman–Crippen LogP) is 1.38. The molecule has 0 saturated heterocycles. The smallest absolute Gasteiger partial charge is 0.319 e. The van der Waals surface area contributed by atoms with Crippen molar-refractivity contribution in [3.8, 4) is 5.75 Å². The van der Waals surface area contributed by atoms with Crippen molar-refractivity contribution < 1.29 is 9.53 Å². The van der Waals surface area contributed by atoms with Gasteiger partial charge in [-0.05, 0) is 51.4 Å². The number of benzene rings is 1.